The third-order valence-electron chi connectivity index (χ3n) is 3.52. The highest BCUT2D eigenvalue weighted by atomic mass is 32.2. The molecule has 0 bridgehead atoms. The van der Waals surface area contributed by atoms with Crippen LogP contribution in [0, 0.1) is 5.92 Å². The molecule has 0 radical (unpaired) electrons. The fourth-order valence-corrected chi connectivity index (χ4v) is 5.02. The molecule has 2 unspecified atom stereocenters. The highest BCUT2D eigenvalue weighted by molar-refractivity contribution is 8.00. The van der Waals surface area contributed by atoms with Crippen LogP contribution in [0.15, 0.2) is 29.2 Å². The molecule has 0 amide bonds. The van der Waals surface area contributed by atoms with Crippen molar-refractivity contribution in [1.29, 1.82) is 0 Å². The van der Waals surface area contributed by atoms with Gasteiger partial charge in [-0.05, 0) is 48.8 Å². The molecule has 1 aliphatic heterocycles. The summed E-state index contributed by atoms with van der Waals surface area (Å²) in [5, 5.41) is 3.07. The second-order valence-corrected chi connectivity index (χ2v) is 8.41. The van der Waals surface area contributed by atoms with Crippen molar-refractivity contribution in [3.05, 3.63) is 29.8 Å². The first-order valence-corrected chi connectivity index (χ1v) is 9.07. The van der Waals surface area contributed by atoms with Crippen LogP contribution in [0.4, 0.5) is 13.2 Å². The van der Waals surface area contributed by atoms with Crippen molar-refractivity contribution < 1.29 is 21.6 Å². The van der Waals surface area contributed by atoms with E-state index in [9.17, 15) is 21.6 Å². The molecule has 0 aliphatic carbocycles. The summed E-state index contributed by atoms with van der Waals surface area (Å²) in [5.41, 5.74) is -3.49. The lowest BCUT2D eigenvalue weighted by atomic mass is 9.93. The van der Waals surface area contributed by atoms with Crippen LogP contribution >= 0.6 is 11.8 Å². The summed E-state index contributed by atoms with van der Waals surface area (Å²) in [5.74, 6) is 0.260. The highest BCUT2D eigenvalue weighted by Gasteiger charge is 2.34. The highest BCUT2D eigenvalue weighted by Crippen LogP contribution is 2.38. The maximum Gasteiger partial charge on any atom is 0.446 e. The van der Waals surface area contributed by atoms with Crippen molar-refractivity contribution in [2.24, 2.45) is 5.92 Å². The summed E-state index contributed by atoms with van der Waals surface area (Å²) in [7, 11) is -1.25. The van der Waals surface area contributed by atoms with Crippen LogP contribution in [0.25, 0.3) is 0 Å². The van der Waals surface area contributed by atoms with E-state index in [1.807, 2.05) is 0 Å². The van der Waals surface area contributed by atoms with Gasteiger partial charge >= 0.3 is 5.51 Å². The molecule has 21 heavy (non-hydrogen) atoms. The SMILES string of the molecule is CNC(c1ccc(SC(F)(F)F)cc1)C1CCS(=O)(=O)C1. The van der Waals surface area contributed by atoms with Crippen LogP contribution < -0.4 is 5.32 Å². The van der Waals surface area contributed by atoms with Crippen molar-refractivity contribution >= 4 is 21.6 Å². The van der Waals surface area contributed by atoms with E-state index in [0.717, 1.165) is 5.56 Å². The van der Waals surface area contributed by atoms with Gasteiger partial charge in [0.05, 0.1) is 11.5 Å². The molecule has 1 fully saturated rings. The largest absolute Gasteiger partial charge is 0.446 e. The van der Waals surface area contributed by atoms with E-state index in [-0.39, 0.29) is 40.1 Å². The molecule has 1 heterocycles. The lowest BCUT2D eigenvalue weighted by molar-refractivity contribution is -0.0328. The monoisotopic (exact) mass is 339 g/mol. The summed E-state index contributed by atoms with van der Waals surface area (Å²) < 4.78 is 59.9. The van der Waals surface area contributed by atoms with Crippen LogP contribution in [0.1, 0.15) is 18.0 Å². The van der Waals surface area contributed by atoms with Crippen LogP contribution in [0.5, 0.6) is 0 Å². The molecule has 3 nitrogen and oxygen atoms in total. The van der Waals surface area contributed by atoms with Gasteiger partial charge in [-0.3, -0.25) is 0 Å². The van der Waals surface area contributed by atoms with E-state index in [4.69, 9.17) is 0 Å². The van der Waals surface area contributed by atoms with Gasteiger partial charge in [-0.2, -0.15) is 13.2 Å². The topological polar surface area (TPSA) is 46.2 Å². The van der Waals surface area contributed by atoms with Crippen LogP contribution in [-0.2, 0) is 9.84 Å². The molecule has 0 saturated carbocycles. The van der Waals surface area contributed by atoms with Crippen molar-refractivity contribution in [1.82, 2.24) is 5.32 Å². The molecule has 1 saturated heterocycles. The molecular formula is C13H16F3NO2S2. The Kier molecular flexibility index (Phi) is 4.89. The van der Waals surface area contributed by atoms with Gasteiger partial charge in [-0.1, -0.05) is 12.1 Å². The van der Waals surface area contributed by atoms with Crippen LogP contribution in [0.3, 0.4) is 0 Å². The molecule has 1 N–H and O–H groups in total. The predicted octanol–water partition coefficient (Wildman–Crippen LogP) is 2.99. The number of hydrogen-bond acceptors (Lipinski definition) is 4. The Morgan fingerprint density at radius 3 is 2.33 bits per heavy atom. The van der Waals surface area contributed by atoms with E-state index in [1.54, 1.807) is 19.2 Å². The van der Waals surface area contributed by atoms with E-state index in [2.05, 4.69) is 5.32 Å². The summed E-state index contributed by atoms with van der Waals surface area (Å²) in [6.45, 7) is 0. The number of alkyl halides is 3. The van der Waals surface area contributed by atoms with E-state index in [0.29, 0.717) is 6.42 Å². The minimum absolute atomic E-state index is 0.0406. The fraction of sp³-hybridized carbons (Fsp3) is 0.538. The van der Waals surface area contributed by atoms with Gasteiger partial charge in [-0.25, -0.2) is 8.42 Å². The Balaban J connectivity index is 2.12. The lowest BCUT2D eigenvalue weighted by Crippen LogP contribution is -2.26. The fourth-order valence-electron chi connectivity index (χ4n) is 2.64. The minimum Gasteiger partial charge on any atom is -0.313 e. The summed E-state index contributed by atoms with van der Waals surface area (Å²) in [6.07, 6.45) is 0.576. The molecular weight excluding hydrogens is 323 g/mol. The van der Waals surface area contributed by atoms with Gasteiger partial charge in [0.25, 0.3) is 0 Å². The zero-order valence-corrected chi connectivity index (χ0v) is 13.0. The van der Waals surface area contributed by atoms with Gasteiger partial charge < -0.3 is 5.32 Å². The first-order chi connectivity index (χ1) is 9.70. The number of rotatable bonds is 4. The maximum absolute atomic E-state index is 12.3. The molecule has 0 aromatic heterocycles. The van der Waals surface area contributed by atoms with Crippen molar-refractivity contribution in [2.45, 2.75) is 22.9 Å². The molecule has 2 atom stereocenters. The molecule has 1 aliphatic rings. The smallest absolute Gasteiger partial charge is 0.313 e. The maximum atomic E-state index is 12.3. The Morgan fingerprint density at radius 1 is 1.29 bits per heavy atom. The van der Waals surface area contributed by atoms with Crippen LogP contribution in [-0.4, -0.2) is 32.5 Å². The van der Waals surface area contributed by atoms with Crippen LogP contribution in [0.2, 0.25) is 0 Å². The Morgan fingerprint density at radius 2 is 1.90 bits per heavy atom. The van der Waals surface area contributed by atoms with Crippen molar-refractivity contribution in [3.8, 4) is 0 Å². The summed E-state index contributed by atoms with van der Waals surface area (Å²) in [4.78, 5) is 0.125. The standard InChI is InChI=1S/C13H16F3NO2S2/c1-17-12(10-6-7-21(18,19)8-10)9-2-4-11(5-3-9)20-13(14,15)16/h2-5,10,12,17H,6-8H2,1H3. The Bertz CT molecular complexity index is 584. The van der Waals surface area contributed by atoms with Crippen molar-refractivity contribution in [3.63, 3.8) is 0 Å². The zero-order chi connectivity index (χ0) is 15.7. The summed E-state index contributed by atoms with van der Waals surface area (Å²) >= 11 is -0.156. The van der Waals surface area contributed by atoms with Gasteiger partial charge in [0.15, 0.2) is 9.84 Å². The van der Waals surface area contributed by atoms with Gasteiger partial charge in [0.1, 0.15) is 0 Å². The average Bonchev–Trinajstić information content (AvgIpc) is 2.71. The van der Waals surface area contributed by atoms with Gasteiger partial charge in [-0.15, -0.1) is 0 Å². The van der Waals surface area contributed by atoms with Gasteiger partial charge in [0, 0.05) is 10.9 Å². The number of sulfone groups is 1. The molecule has 0 spiro atoms. The first-order valence-electron chi connectivity index (χ1n) is 6.43. The number of nitrogens with one attached hydrogen (secondary N) is 1. The molecule has 118 valence electrons. The molecule has 1 aromatic carbocycles. The number of halogens is 3. The van der Waals surface area contributed by atoms with E-state index >= 15 is 0 Å². The molecule has 2 rings (SSSR count). The summed E-state index contributed by atoms with van der Waals surface area (Å²) in [6, 6.07) is 5.93. The molecule has 8 heteroatoms. The Hall–Kier alpha value is -0.730. The predicted molar refractivity (Wildman–Crippen MR) is 76.9 cm³/mol. The number of hydrogen-bond donors (Lipinski definition) is 1. The quantitative estimate of drug-likeness (QED) is 0.857. The van der Waals surface area contributed by atoms with Gasteiger partial charge in [0.2, 0.25) is 0 Å². The normalized spacial score (nSPS) is 23.1. The second-order valence-electron chi connectivity index (χ2n) is 5.05. The third-order valence-corrected chi connectivity index (χ3v) is 6.06. The third kappa shape index (κ3) is 4.62. The van der Waals surface area contributed by atoms with E-state index < -0.39 is 15.3 Å². The first kappa shape index (κ1) is 16.6. The average molecular weight is 339 g/mol. The minimum atomic E-state index is -4.30. The number of benzene rings is 1. The Labute approximate surface area is 126 Å². The second kappa shape index (κ2) is 6.18. The molecule has 1 aromatic rings. The number of thioether (sulfide) groups is 1. The zero-order valence-electron chi connectivity index (χ0n) is 11.4. The lowest BCUT2D eigenvalue weighted by Gasteiger charge is -2.22. The van der Waals surface area contributed by atoms with Crippen molar-refractivity contribution in [2.75, 3.05) is 18.6 Å². The van der Waals surface area contributed by atoms with E-state index in [1.165, 1.54) is 12.1 Å².